The van der Waals surface area contributed by atoms with Crippen molar-refractivity contribution in [3.05, 3.63) is 65.0 Å². The molecule has 0 amide bonds. The first-order chi connectivity index (χ1) is 18.6. The molecule has 2 heterocycles. The second kappa shape index (κ2) is 9.58. The van der Waals surface area contributed by atoms with Crippen LogP contribution in [0.4, 0.5) is 10.3 Å². The van der Waals surface area contributed by atoms with Crippen LogP contribution in [0.1, 0.15) is 68.6 Å². The van der Waals surface area contributed by atoms with E-state index in [-0.39, 0.29) is 34.3 Å². The average Bonchev–Trinajstić information content (AvgIpc) is 3.65. The summed E-state index contributed by atoms with van der Waals surface area (Å²) in [4.78, 5) is 8.76. The molecule has 0 saturated heterocycles. The van der Waals surface area contributed by atoms with Gasteiger partial charge in [0.05, 0.1) is 11.5 Å². The predicted molar refractivity (Wildman–Crippen MR) is 150 cm³/mol. The zero-order valence-electron chi connectivity index (χ0n) is 23.0. The third kappa shape index (κ3) is 4.92. The number of fused-ring (bicyclic) bond motifs is 4. The second-order valence-corrected chi connectivity index (χ2v) is 14.0. The highest BCUT2D eigenvalue weighted by Gasteiger charge is 2.55. The fourth-order valence-corrected chi connectivity index (χ4v) is 7.92. The second-order valence-electron chi connectivity index (χ2n) is 12.4. The largest absolute Gasteiger partial charge is 0.475 e. The van der Waals surface area contributed by atoms with Crippen molar-refractivity contribution in [3.8, 4) is 17.1 Å². The molecule has 2 aliphatic carbocycles. The van der Waals surface area contributed by atoms with E-state index in [9.17, 15) is 8.42 Å². The molecule has 6 rings (SSSR count). The third-order valence-electron chi connectivity index (χ3n) is 8.89. The van der Waals surface area contributed by atoms with Crippen LogP contribution in [0.25, 0.3) is 11.3 Å². The molecule has 3 aromatic rings. The van der Waals surface area contributed by atoms with Gasteiger partial charge in [0.15, 0.2) is 0 Å². The molecule has 1 spiro atoms. The van der Waals surface area contributed by atoms with Crippen LogP contribution in [-0.4, -0.2) is 25.0 Å². The SMILES string of the molecule is Cc1cccc(C)c1-c1nc2nc(c1F)OC[C@@H](CC(C)C)C(C1CC3(CC3)C1)c1cccc(c1)S(=O)(=O)N2. The van der Waals surface area contributed by atoms with Crippen LogP contribution in [0.5, 0.6) is 5.88 Å². The van der Waals surface area contributed by atoms with Crippen LogP contribution in [0.15, 0.2) is 47.4 Å². The molecule has 1 aromatic heterocycles. The van der Waals surface area contributed by atoms with Gasteiger partial charge in [-0.2, -0.15) is 9.37 Å². The van der Waals surface area contributed by atoms with Gasteiger partial charge >= 0.3 is 0 Å². The van der Waals surface area contributed by atoms with Crippen molar-refractivity contribution >= 4 is 16.0 Å². The van der Waals surface area contributed by atoms with E-state index in [0.29, 0.717) is 29.4 Å². The molecule has 2 atom stereocenters. The summed E-state index contributed by atoms with van der Waals surface area (Å²) in [5.74, 6) is -0.0517. The van der Waals surface area contributed by atoms with Crippen molar-refractivity contribution in [2.75, 3.05) is 11.3 Å². The molecule has 1 N–H and O–H groups in total. The van der Waals surface area contributed by atoms with Gasteiger partial charge in [-0.25, -0.2) is 18.1 Å². The Hall–Kier alpha value is -3.00. The van der Waals surface area contributed by atoms with Crippen LogP contribution in [0.3, 0.4) is 0 Å². The van der Waals surface area contributed by atoms with Crippen LogP contribution in [-0.2, 0) is 10.0 Å². The third-order valence-corrected chi connectivity index (χ3v) is 10.2. The number of sulfonamides is 1. The molecule has 1 unspecified atom stereocenters. The van der Waals surface area contributed by atoms with Gasteiger partial charge in [-0.3, -0.25) is 0 Å². The number of anilines is 1. The maximum Gasteiger partial charge on any atom is 0.264 e. The zero-order chi connectivity index (χ0) is 27.5. The van der Waals surface area contributed by atoms with Crippen molar-refractivity contribution in [3.63, 3.8) is 0 Å². The highest BCUT2D eigenvalue weighted by Crippen LogP contribution is 2.67. The highest BCUT2D eigenvalue weighted by molar-refractivity contribution is 7.92. The Bertz CT molecular complexity index is 1510. The molecular weight excluding hydrogens is 513 g/mol. The number of nitrogens with zero attached hydrogens (tertiary/aromatic N) is 2. The molecular formula is C31H36FN3O3S. The van der Waals surface area contributed by atoms with Crippen LogP contribution in [0.2, 0.25) is 0 Å². The van der Waals surface area contributed by atoms with E-state index in [1.807, 2.05) is 44.2 Å². The van der Waals surface area contributed by atoms with E-state index in [0.717, 1.165) is 36.0 Å². The first-order valence-electron chi connectivity index (χ1n) is 13.9. The lowest BCUT2D eigenvalue weighted by Crippen LogP contribution is -2.36. The molecule has 6 nitrogen and oxygen atoms in total. The fraction of sp³-hybridized carbons (Fsp3) is 0.484. The summed E-state index contributed by atoms with van der Waals surface area (Å²) in [5.41, 5.74) is 3.81. The lowest BCUT2D eigenvalue weighted by atomic mass is 9.60. The van der Waals surface area contributed by atoms with Gasteiger partial charge in [0.2, 0.25) is 11.8 Å². The van der Waals surface area contributed by atoms with E-state index >= 15 is 4.39 Å². The minimum absolute atomic E-state index is 0.0331. The summed E-state index contributed by atoms with van der Waals surface area (Å²) in [5, 5.41) is 0. The molecule has 2 saturated carbocycles. The molecule has 3 aliphatic rings. The number of aryl methyl sites for hydroxylation is 2. The van der Waals surface area contributed by atoms with Gasteiger partial charge in [-0.05, 0) is 97.9 Å². The number of halogens is 1. The summed E-state index contributed by atoms with van der Waals surface area (Å²) < 4.78 is 51.9. The van der Waals surface area contributed by atoms with Crippen LogP contribution < -0.4 is 9.46 Å². The Kier molecular flexibility index (Phi) is 6.44. The minimum atomic E-state index is -4.02. The van der Waals surface area contributed by atoms with E-state index < -0.39 is 15.8 Å². The molecule has 0 radical (unpaired) electrons. The summed E-state index contributed by atoms with van der Waals surface area (Å²) in [6.45, 7) is 8.43. The fourth-order valence-electron chi connectivity index (χ4n) is 6.92. The number of ether oxygens (including phenoxy) is 1. The van der Waals surface area contributed by atoms with Crippen LogP contribution in [0, 0.1) is 42.8 Å². The lowest BCUT2D eigenvalue weighted by Gasteiger charge is -2.45. The van der Waals surface area contributed by atoms with Gasteiger partial charge in [0.25, 0.3) is 15.9 Å². The Morgan fingerprint density at radius 3 is 2.44 bits per heavy atom. The molecule has 1 aliphatic heterocycles. The molecule has 2 fully saturated rings. The first-order valence-corrected chi connectivity index (χ1v) is 15.4. The van der Waals surface area contributed by atoms with Crippen molar-refractivity contribution in [1.29, 1.82) is 0 Å². The number of nitrogens with one attached hydrogen (secondary N) is 1. The van der Waals surface area contributed by atoms with Gasteiger partial charge in [0, 0.05) is 11.5 Å². The minimum Gasteiger partial charge on any atom is -0.475 e. The maximum absolute atomic E-state index is 16.1. The summed E-state index contributed by atoms with van der Waals surface area (Å²) in [6, 6.07) is 12.9. The predicted octanol–water partition coefficient (Wildman–Crippen LogP) is 7.03. The number of hydrogen-bond acceptors (Lipinski definition) is 5. The van der Waals surface area contributed by atoms with Crippen molar-refractivity contribution in [1.82, 2.24) is 9.97 Å². The Morgan fingerprint density at radius 1 is 1.08 bits per heavy atom. The molecule has 8 heteroatoms. The van der Waals surface area contributed by atoms with Gasteiger partial charge in [-0.15, -0.1) is 0 Å². The quantitative estimate of drug-likeness (QED) is 0.378. The molecule has 4 bridgehead atoms. The van der Waals surface area contributed by atoms with Gasteiger partial charge in [-0.1, -0.05) is 44.2 Å². The first kappa shape index (κ1) is 26.2. The van der Waals surface area contributed by atoms with Gasteiger partial charge in [0.1, 0.15) is 5.69 Å². The lowest BCUT2D eigenvalue weighted by molar-refractivity contribution is 0.0799. The van der Waals surface area contributed by atoms with E-state index in [2.05, 4.69) is 28.5 Å². The molecule has 2 aromatic carbocycles. The Labute approximate surface area is 230 Å². The number of benzene rings is 2. The topological polar surface area (TPSA) is 81.2 Å². The summed E-state index contributed by atoms with van der Waals surface area (Å²) in [6.07, 6.45) is 5.77. The highest BCUT2D eigenvalue weighted by atomic mass is 32.2. The van der Waals surface area contributed by atoms with Crippen molar-refractivity contribution in [2.45, 2.75) is 70.6 Å². The Morgan fingerprint density at radius 2 is 1.77 bits per heavy atom. The average molecular weight is 550 g/mol. The maximum atomic E-state index is 16.1. The zero-order valence-corrected chi connectivity index (χ0v) is 23.8. The summed E-state index contributed by atoms with van der Waals surface area (Å²) in [7, 11) is -4.02. The standard InChI is InChI=1S/C31H36FN3O3S/c1-18(2)13-22-17-38-29-27(32)28(25-19(3)7-5-8-20(25)4)33-30(34-29)35-39(36,37)24-10-6-9-21(14-24)26(22)23-15-31(16-23)11-12-31/h5-10,14,18,22-23,26H,11-13,15-17H2,1-4H3,(H,33,34,35)/t22-,26?/m1/s1. The van der Waals surface area contributed by atoms with Crippen molar-refractivity contribution in [2.24, 2.45) is 23.2 Å². The van der Waals surface area contributed by atoms with E-state index in [4.69, 9.17) is 4.74 Å². The number of hydrogen-bond donors (Lipinski definition) is 1. The number of aromatic nitrogens is 2. The normalized spacial score (nSPS) is 23.2. The van der Waals surface area contributed by atoms with E-state index in [1.165, 1.54) is 12.8 Å². The molecule has 39 heavy (non-hydrogen) atoms. The van der Waals surface area contributed by atoms with E-state index in [1.54, 1.807) is 12.1 Å². The van der Waals surface area contributed by atoms with Gasteiger partial charge < -0.3 is 4.74 Å². The number of rotatable bonds is 4. The molecule has 206 valence electrons. The van der Waals surface area contributed by atoms with Crippen LogP contribution >= 0.6 is 0 Å². The van der Waals surface area contributed by atoms with Crippen molar-refractivity contribution < 1.29 is 17.5 Å². The smallest absolute Gasteiger partial charge is 0.264 e. The Balaban J connectivity index is 1.50. The monoisotopic (exact) mass is 549 g/mol. The summed E-state index contributed by atoms with van der Waals surface area (Å²) >= 11 is 0.